The number of carbonyl (C=O) groups is 2. The summed E-state index contributed by atoms with van der Waals surface area (Å²) in [5, 5.41) is 1.87. The van der Waals surface area contributed by atoms with Crippen LogP contribution in [0.1, 0.15) is 20.7 Å². The summed E-state index contributed by atoms with van der Waals surface area (Å²) >= 11 is 6.17. The van der Waals surface area contributed by atoms with Crippen LogP contribution in [0.3, 0.4) is 0 Å². The lowest BCUT2D eigenvalue weighted by molar-refractivity contribution is 0.111. The smallest absolute Gasteiger partial charge is 0.151 e. The fourth-order valence-corrected chi connectivity index (χ4v) is 2.33. The summed E-state index contributed by atoms with van der Waals surface area (Å²) in [6, 6.07) is 8.42. The van der Waals surface area contributed by atoms with Crippen molar-refractivity contribution >= 4 is 46.1 Å². The molecule has 0 atom stereocenters. The normalized spacial score (nSPS) is 10.9. The Hall–Kier alpha value is -2.13. The monoisotopic (exact) mass is 258 g/mol. The molecule has 0 aliphatic rings. The van der Waals surface area contributed by atoms with Crippen molar-refractivity contribution in [2.45, 2.75) is 0 Å². The highest BCUT2D eigenvalue weighted by atomic mass is 35.5. The van der Waals surface area contributed by atoms with Gasteiger partial charge in [-0.2, -0.15) is 0 Å². The molecule has 0 N–H and O–H groups in total. The zero-order chi connectivity index (χ0) is 12.7. The Morgan fingerprint density at radius 2 is 1.83 bits per heavy atom. The van der Waals surface area contributed by atoms with E-state index in [2.05, 4.69) is 0 Å². The van der Waals surface area contributed by atoms with Gasteiger partial charge in [-0.1, -0.05) is 17.7 Å². The van der Waals surface area contributed by atoms with Gasteiger partial charge in [-0.15, -0.1) is 0 Å². The molecular weight excluding hydrogens is 252 g/mol. The number of rotatable bonds is 2. The predicted molar refractivity (Wildman–Crippen MR) is 69.5 cm³/mol. The van der Waals surface area contributed by atoms with Crippen LogP contribution in [0.4, 0.5) is 0 Å². The topological polar surface area (TPSA) is 47.3 Å². The summed E-state index contributed by atoms with van der Waals surface area (Å²) < 4.78 is 5.62. The second-order valence-corrected chi connectivity index (χ2v) is 4.31. The lowest BCUT2D eigenvalue weighted by Gasteiger charge is -1.97. The molecule has 0 bridgehead atoms. The highest BCUT2D eigenvalue weighted by molar-refractivity contribution is 6.39. The molecule has 3 aromatic rings. The fourth-order valence-electron chi connectivity index (χ4n) is 2.02. The van der Waals surface area contributed by atoms with Gasteiger partial charge < -0.3 is 4.42 Å². The predicted octanol–water partition coefficient (Wildman–Crippen LogP) is 3.86. The average Bonchev–Trinajstić information content (AvgIpc) is 2.77. The maximum Gasteiger partial charge on any atom is 0.151 e. The minimum absolute atomic E-state index is 0.375. The van der Waals surface area contributed by atoms with Crippen LogP contribution in [0.2, 0.25) is 5.02 Å². The first-order valence-electron chi connectivity index (χ1n) is 5.29. The van der Waals surface area contributed by atoms with Gasteiger partial charge in [0.2, 0.25) is 0 Å². The molecule has 0 aliphatic heterocycles. The maximum absolute atomic E-state index is 10.9. The van der Waals surface area contributed by atoms with Crippen molar-refractivity contribution in [2.75, 3.05) is 0 Å². The number of aldehydes is 2. The lowest BCUT2D eigenvalue weighted by Crippen LogP contribution is -1.82. The first-order chi connectivity index (χ1) is 8.74. The number of hydrogen-bond acceptors (Lipinski definition) is 3. The molecule has 3 rings (SSSR count). The van der Waals surface area contributed by atoms with Crippen LogP contribution in [0.25, 0.3) is 21.9 Å². The third-order valence-electron chi connectivity index (χ3n) is 2.89. The van der Waals surface area contributed by atoms with Crippen LogP contribution in [-0.2, 0) is 0 Å². The summed E-state index contributed by atoms with van der Waals surface area (Å²) in [4.78, 5) is 21.6. The van der Waals surface area contributed by atoms with Crippen LogP contribution >= 0.6 is 11.6 Å². The quantitative estimate of drug-likeness (QED) is 0.656. The van der Waals surface area contributed by atoms with Crippen LogP contribution in [0.5, 0.6) is 0 Å². The van der Waals surface area contributed by atoms with E-state index < -0.39 is 0 Å². The minimum Gasteiger partial charge on any atom is -0.456 e. The highest BCUT2D eigenvalue weighted by Gasteiger charge is 2.13. The molecule has 0 spiro atoms. The molecule has 0 amide bonds. The average molecular weight is 259 g/mol. The minimum atomic E-state index is 0.375. The van der Waals surface area contributed by atoms with Gasteiger partial charge in [0, 0.05) is 21.9 Å². The van der Waals surface area contributed by atoms with Crippen LogP contribution in [0.15, 0.2) is 34.7 Å². The lowest BCUT2D eigenvalue weighted by atomic mass is 10.1. The Bertz CT molecular complexity index is 786. The molecule has 3 nitrogen and oxygen atoms in total. The van der Waals surface area contributed by atoms with E-state index in [-0.39, 0.29) is 0 Å². The summed E-state index contributed by atoms with van der Waals surface area (Å²) in [5.74, 6) is 0. The van der Waals surface area contributed by atoms with Crippen molar-refractivity contribution in [3.8, 4) is 0 Å². The Kier molecular flexibility index (Phi) is 2.42. The van der Waals surface area contributed by atoms with Crippen molar-refractivity contribution < 1.29 is 14.0 Å². The number of halogens is 1. The van der Waals surface area contributed by atoms with E-state index in [0.29, 0.717) is 39.0 Å². The number of fused-ring (bicyclic) bond motifs is 3. The molecular formula is C14H7ClO3. The standard InChI is InChI=1S/C14H7ClO3/c15-14-9(7-17)2-4-11-13(14)10-3-1-8(6-16)5-12(10)18-11/h1-7H. The summed E-state index contributed by atoms with van der Waals surface area (Å²) in [5.41, 5.74) is 2.14. The number of hydrogen-bond donors (Lipinski definition) is 0. The van der Waals surface area contributed by atoms with Crippen molar-refractivity contribution in [2.24, 2.45) is 0 Å². The van der Waals surface area contributed by atoms with Gasteiger partial charge in [0.05, 0.1) is 5.02 Å². The molecule has 0 aliphatic carbocycles. The van der Waals surface area contributed by atoms with Crippen molar-refractivity contribution in [3.05, 3.63) is 46.5 Å². The van der Waals surface area contributed by atoms with Crippen LogP contribution in [0, 0.1) is 0 Å². The summed E-state index contributed by atoms with van der Waals surface area (Å²) in [6.07, 6.45) is 1.46. The molecule has 18 heavy (non-hydrogen) atoms. The molecule has 0 radical (unpaired) electrons. The van der Waals surface area contributed by atoms with Gasteiger partial charge in [-0.25, -0.2) is 0 Å². The van der Waals surface area contributed by atoms with E-state index in [1.165, 1.54) is 0 Å². The highest BCUT2D eigenvalue weighted by Crippen LogP contribution is 2.35. The van der Waals surface area contributed by atoms with E-state index in [0.717, 1.165) is 11.7 Å². The van der Waals surface area contributed by atoms with E-state index in [9.17, 15) is 9.59 Å². The van der Waals surface area contributed by atoms with E-state index >= 15 is 0 Å². The van der Waals surface area contributed by atoms with Gasteiger partial charge in [-0.3, -0.25) is 9.59 Å². The maximum atomic E-state index is 10.9. The van der Waals surface area contributed by atoms with Gasteiger partial charge in [0.15, 0.2) is 6.29 Å². The number of carbonyl (C=O) groups excluding carboxylic acids is 2. The fraction of sp³-hybridized carbons (Fsp3) is 0. The number of furan rings is 1. The third kappa shape index (κ3) is 1.45. The summed E-state index contributed by atoms with van der Waals surface area (Å²) in [7, 11) is 0. The van der Waals surface area contributed by atoms with Gasteiger partial charge >= 0.3 is 0 Å². The van der Waals surface area contributed by atoms with Gasteiger partial charge in [-0.05, 0) is 24.3 Å². The van der Waals surface area contributed by atoms with Gasteiger partial charge in [0.1, 0.15) is 17.5 Å². The molecule has 1 aromatic heterocycles. The molecule has 0 unspecified atom stereocenters. The zero-order valence-electron chi connectivity index (χ0n) is 9.14. The third-order valence-corrected chi connectivity index (χ3v) is 3.30. The van der Waals surface area contributed by atoms with E-state index in [4.69, 9.17) is 16.0 Å². The Morgan fingerprint density at radius 1 is 1.00 bits per heavy atom. The molecule has 1 heterocycles. The SMILES string of the molecule is O=Cc1ccc2c(c1)oc1ccc(C=O)c(Cl)c12. The molecule has 0 saturated heterocycles. The largest absolute Gasteiger partial charge is 0.456 e. The zero-order valence-corrected chi connectivity index (χ0v) is 9.90. The van der Waals surface area contributed by atoms with Crippen molar-refractivity contribution in [1.29, 1.82) is 0 Å². The first kappa shape index (κ1) is 11.0. The number of benzene rings is 2. The molecule has 4 heteroatoms. The molecule has 88 valence electrons. The molecule has 0 fully saturated rings. The Balaban J connectivity index is 2.48. The van der Waals surface area contributed by atoms with Crippen LogP contribution < -0.4 is 0 Å². The molecule has 0 saturated carbocycles. The molecule has 2 aromatic carbocycles. The summed E-state index contributed by atoms with van der Waals surface area (Å²) in [6.45, 7) is 0. The van der Waals surface area contributed by atoms with E-state index in [1.54, 1.807) is 30.3 Å². The van der Waals surface area contributed by atoms with Crippen molar-refractivity contribution in [1.82, 2.24) is 0 Å². The van der Waals surface area contributed by atoms with Crippen LogP contribution in [-0.4, -0.2) is 12.6 Å². The Morgan fingerprint density at radius 3 is 2.56 bits per heavy atom. The first-order valence-corrected chi connectivity index (χ1v) is 5.67. The second kappa shape index (κ2) is 3.96. The van der Waals surface area contributed by atoms with Crippen molar-refractivity contribution in [3.63, 3.8) is 0 Å². The van der Waals surface area contributed by atoms with E-state index in [1.807, 2.05) is 0 Å². The second-order valence-electron chi connectivity index (χ2n) is 3.94. The van der Waals surface area contributed by atoms with Gasteiger partial charge in [0.25, 0.3) is 0 Å². The Labute approximate surface area is 107 Å².